The van der Waals surface area contributed by atoms with Gasteiger partial charge in [0.05, 0.1) is 49.2 Å². The quantitative estimate of drug-likeness (QED) is 0.168. The molecule has 0 radical (unpaired) electrons. The maximum Gasteiger partial charge on any atom is 0.323 e. The number of anilines is 4. The van der Waals surface area contributed by atoms with Gasteiger partial charge in [0.15, 0.2) is 0 Å². The van der Waals surface area contributed by atoms with Gasteiger partial charge in [-0.15, -0.1) is 0 Å². The summed E-state index contributed by atoms with van der Waals surface area (Å²) in [5.41, 5.74) is 1.60. The highest BCUT2D eigenvalue weighted by molar-refractivity contribution is 6.03. The van der Waals surface area contributed by atoms with Crippen molar-refractivity contribution in [2.75, 3.05) is 47.7 Å². The molecular weight excluding hydrogens is 540 g/mol. The Balaban J connectivity index is 2.39. The Hall–Kier alpha value is -4.15. The molecule has 0 spiro atoms. The monoisotopic (exact) mass is 586 g/mol. The summed E-state index contributed by atoms with van der Waals surface area (Å²) in [6.45, 7) is 16.5. The molecule has 0 saturated heterocycles. The van der Waals surface area contributed by atoms with Crippen molar-refractivity contribution in [3.8, 4) is 23.0 Å². The van der Waals surface area contributed by atoms with E-state index in [0.717, 1.165) is 0 Å². The van der Waals surface area contributed by atoms with Crippen LogP contribution in [-0.2, 0) is 9.59 Å². The highest BCUT2D eigenvalue weighted by Crippen LogP contribution is 2.39. The molecule has 0 aliphatic carbocycles. The number of hydrogen-bond acceptors (Lipinski definition) is 7. The standard InChI is InChI=1S/C31H46N4O7/c1-9-39-25-17-23(27(41-11-3)15-21(25)32-29(36)13-19(5)6)34-31(38)35-24-18-26(40-10-2)22(16-28(24)42-12-4)33-30(37)14-20(7)8/h15-20H,9-14H2,1-8H3,(H,32,36)(H,33,37)(H2,34,35,38). The van der Waals surface area contributed by atoms with Gasteiger partial charge >= 0.3 is 6.03 Å². The molecule has 42 heavy (non-hydrogen) atoms. The van der Waals surface area contributed by atoms with Crippen LogP contribution in [0.4, 0.5) is 27.5 Å². The fourth-order valence-electron chi connectivity index (χ4n) is 4.03. The smallest absolute Gasteiger partial charge is 0.323 e. The molecule has 2 aromatic rings. The zero-order valence-corrected chi connectivity index (χ0v) is 26.1. The molecule has 11 heteroatoms. The summed E-state index contributed by atoms with van der Waals surface area (Å²) in [4.78, 5) is 38.2. The van der Waals surface area contributed by atoms with E-state index in [-0.39, 0.29) is 23.7 Å². The highest BCUT2D eigenvalue weighted by atomic mass is 16.5. The van der Waals surface area contributed by atoms with Gasteiger partial charge in [-0.3, -0.25) is 9.59 Å². The second-order valence-corrected chi connectivity index (χ2v) is 10.3. The Morgan fingerprint density at radius 1 is 0.524 bits per heavy atom. The maximum absolute atomic E-state index is 13.2. The number of hydrogen-bond donors (Lipinski definition) is 4. The normalized spacial score (nSPS) is 10.7. The number of nitrogens with one attached hydrogen (secondary N) is 4. The van der Waals surface area contributed by atoms with Crippen molar-refractivity contribution in [2.24, 2.45) is 11.8 Å². The summed E-state index contributed by atoms with van der Waals surface area (Å²) in [6.07, 6.45) is 0.702. The summed E-state index contributed by atoms with van der Waals surface area (Å²) in [6, 6.07) is 5.92. The molecule has 0 saturated carbocycles. The lowest BCUT2D eigenvalue weighted by atomic mass is 10.1. The van der Waals surface area contributed by atoms with Gasteiger partial charge in [-0.25, -0.2) is 4.79 Å². The van der Waals surface area contributed by atoms with Crippen LogP contribution in [0.5, 0.6) is 23.0 Å². The van der Waals surface area contributed by atoms with E-state index in [1.165, 1.54) is 0 Å². The minimum atomic E-state index is -0.574. The Kier molecular flexibility index (Phi) is 13.7. The van der Waals surface area contributed by atoms with Gasteiger partial charge < -0.3 is 40.2 Å². The zero-order chi connectivity index (χ0) is 31.2. The van der Waals surface area contributed by atoms with Gasteiger partial charge in [-0.2, -0.15) is 0 Å². The lowest BCUT2D eigenvalue weighted by Crippen LogP contribution is -2.21. The van der Waals surface area contributed by atoms with Crippen molar-refractivity contribution in [1.29, 1.82) is 0 Å². The predicted octanol–water partition coefficient (Wildman–Crippen LogP) is 6.89. The first-order valence-corrected chi connectivity index (χ1v) is 14.6. The number of amides is 4. The molecule has 0 fully saturated rings. The van der Waals surface area contributed by atoms with Crippen LogP contribution in [0, 0.1) is 11.8 Å². The molecule has 4 amide bonds. The van der Waals surface area contributed by atoms with Crippen LogP contribution in [0.15, 0.2) is 24.3 Å². The molecule has 0 atom stereocenters. The topological polar surface area (TPSA) is 136 Å². The van der Waals surface area contributed by atoms with Gasteiger partial charge in [0.25, 0.3) is 0 Å². The van der Waals surface area contributed by atoms with Crippen LogP contribution in [0.3, 0.4) is 0 Å². The zero-order valence-electron chi connectivity index (χ0n) is 26.1. The summed E-state index contributed by atoms with van der Waals surface area (Å²) < 4.78 is 23.1. The van der Waals surface area contributed by atoms with E-state index in [0.29, 0.717) is 85.0 Å². The second-order valence-electron chi connectivity index (χ2n) is 10.3. The molecule has 0 aliphatic heterocycles. The third-order valence-corrected chi connectivity index (χ3v) is 5.59. The van der Waals surface area contributed by atoms with Gasteiger partial charge in [0.2, 0.25) is 11.8 Å². The fourth-order valence-corrected chi connectivity index (χ4v) is 4.03. The Labute approximate surface area is 249 Å². The van der Waals surface area contributed by atoms with Crippen molar-refractivity contribution in [2.45, 2.75) is 68.2 Å². The van der Waals surface area contributed by atoms with E-state index < -0.39 is 6.03 Å². The summed E-state index contributed by atoms with van der Waals surface area (Å²) in [5.74, 6) is 1.58. The molecule has 11 nitrogen and oxygen atoms in total. The van der Waals surface area contributed by atoms with Gasteiger partial charge in [-0.1, -0.05) is 27.7 Å². The van der Waals surface area contributed by atoms with E-state index in [2.05, 4.69) is 21.3 Å². The number of urea groups is 1. The molecule has 4 N–H and O–H groups in total. The van der Waals surface area contributed by atoms with E-state index >= 15 is 0 Å². The number of carbonyl (C=O) groups excluding carboxylic acids is 3. The average molecular weight is 587 g/mol. The molecule has 0 aliphatic rings. The minimum absolute atomic E-state index is 0.149. The van der Waals surface area contributed by atoms with E-state index in [4.69, 9.17) is 18.9 Å². The van der Waals surface area contributed by atoms with E-state index in [1.807, 2.05) is 55.4 Å². The van der Waals surface area contributed by atoms with Crippen LogP contribution in [0.1, 0.15) is 68.2 Å². The largest absolute Gasteiger partial charge is 0.492 e. The van der Waals surface area contributed by atoms with Crippen molar-refractivity contribution in [3.63, 3.8) is 0 Å². The molecule has 0 bridgehead atoms. The van der Waals surface area contributed by atoms with Crippen LogP contribution < -0.4 is 40.2 Å². The number of carbonyl (C=O) groups is 3. The van der Waals surface area contributed by atoms with Crippen LogP contribution in [-0.4, -0.2) is 44.3 Å². The van der Waals surface area contributed by atoms with Crippen LogP contribution in [0.2, 0.25) is 0 Å². The number of rotatable bonds is 16. The first kappa shape index (κ1) is 34.1. The van der Waals surface area contributed by atoms with E-state index in [9.17, 15) is 14.4 Å². The van der Waals surface area contributed by atoms with Crippen LogP contribution in [0.25, 0.3) is 0 Å². The molecular formula is C31H46N4O7. The average Bonchev–Trinajstić information content (AvgIpc) is 2.88. The summed E-state index contributed by atoms with van der Waals surface area (Å²) >= 11 is 0. The first-order valence-electron chi connectivity index (χ1n) is 14.6. The maximum atomic E-state index is 13.2. The van der Waals surface area contributed by atoms with Crippen LogP contribution >= 0.6 is 0 Å². The summed E-state index contributed by atoms with van der Waals surface area (Å²) in [7, 11) is 0. The lowest BCUT2D eigenvalue weighted by Gasteiger charge is -2.20. The molecule has 232 valence electrons. The Morgan fingerprint density at radius 3 is 1.02 bits per heavy atom. The molecule has 0 aromatic heterocycles. The van der Waals surface area contributed by atoms with Crippen molar-refractivity contribution in [1.82, 2.24) is 0 Å². The third-order valence-electron chi connectivity index (χ3n) is 5.59. The highest BCUT2D eigenvalue weighted by Gasteiger charge is 2.20. The predicted molar refractivity (Wildman–Crippen MR) is 166 cm³/mol. The second kappa shape index (κ2) is 17.0. The Bertz CT molecular complexity index is 1120. The van der Waals surface area contributed by atoms with Crippen molar-refractivity contribution < 1.29 is 33.3 Å². The number of ether oxygens (including phenoxy) is 4. The fraction of sp³-hybridized carbons (Fsp3) is 0.516. The first-order chi connectivity index (χ1) is 20.0. The van der Waals surface area contributed by atoms with Gasteiger partial charge in [0.1, 0.15) is 23.0 Å². The lowest BCUT2D eigenvalue weighted by molar-refractivity contribution is -0.117. The minimum Gasteiger partial charge on any atom is -0.492 e. The van der Waals surface area contributed by atoms with Crippen molar-refractivity contribution >= 4 is 40.6 Å². The summed E-state index contributed by atoms with van der Waals surface area (Å²) in [5, 5.41) is 11.4. The third kappa shape index (κ3) is 10.7. The SMILES string of the molecule is CCOc1cc(NC(=O)Nc2cc(OCC)c(NC(=O)CC(C)C)cc2OCC)c(OCC)cc1NC(=O)CC(C)C. The molecule has 2 aromatic carbocycles. The molecule has 0 heterocycles. The van der Waals surface area contributed by atoms with E-state index in [1.54, 1.807) is 24.3 Å². The van der Waals surface area contributed by atoms with Crippen molar-refractivity contribution in [3.05, 3.63) is 24.3 Å². The molecule has 0 unspecified atom stereocenters. The van der Waals surface area contributed by atoms with Gasteiger partial charge in [-0.05, 0) is 39.5 Å². The Morgan fingerprint density at radius 2 is 0.786 bits per heavy atom. The number of benzene rings is 2. The molecule has 2 rings (SSSR count). The van der Waals surface area contributed by atoms with Gasteiger partial charge in [0, 0.05) is 37.1 Å².